The molecule has 0 aliphatic carbocycles. The molecule has 1 aromatic heterocycles. The van der Waals surface area contributed by atoms with E-state index in [2.05, 4.69) is 4.99 Å². The van der Waals surface area contributed by atoms with E-state index in [4.69, 9.17) is 42.1 Å². The number of benzene rings is 3. The number of aromatic nitrogens is 1. The monoisotopic (exact) mass is 652 g/mol. The van der Waals surface area contributed by atoms with Crippen molar-refractivity contribution in [2.45, 2.75) is 33.4 Å². The highest BCUT2D eigenvalue weighted by atomic mass is 35.5. The molecule has 0 unspecified atom stereocenters. The lowest BCUT2D eigenvalue weighted by Crippen LogP contribution is -2.40. The summed E-state index contributed by atoms with van der Waals surface area (Å²) in [5.74, 6) is 1.06. The van der Waals surface area contributed by atoms with Crippen molar-refractivity contribution in [2.24, 2.45) is 4.99 Å². The summed E-state index contributed by atoms with van der Waals surface area (Å²) in [7, 11) is 1.55. The summed E-state index contributed by atoms with van der Waals surface area (Å²) in [5.41, 5.74) is 2.64. The van der Waals surface area contributed by atoms with Gasteiger partial charge in [-0.05, 0) is 62.7 Å². The quantitative estimate of drug-likeness (QED) is 0.193. The lowest BCUT2D eigenvalue weighted by Gasteiger charge is -2.25. The zero-order chi connectivity index (χ0) is 31.4. The number of halogens is 2. The molecule has 0 bridgehead atoms. The Morgan fingerprint density at radius 1 is 1.00 bits per heavy atom. The number of allylic oxidation sites excluding steroid dienone is 1. The lowest BCUT2D eigenvalue weighted by molar-refractivity contribution is -0.139. The average Bonchev–Trinajstić information content (AvgIpc) is 3.30. The molecular formula is C33H30Cl2N2O6S. The van der Waals surface area contributed by atoms with Gasteiger partial charge in [0.2, 0.25) is 0 Å². The molecule has 0 fully saturated rings. The molecule has 4 aromatic rings. The van der Waals surface area contributed by atoms with Crippen molar-refractivity contribution < 1.29 is 23.7 Å². The van der Waals surface area contributed by atoms with Gasteiger partial charge in [-0.15, -0.1) is 0 Å². The van der Waals surface area contributed by atoms with Crippen LogP contribution in [0.4, 0.5) is 0 Å². The number of esters is 1. The molecule has 0 spiro atoms. The van der Waals surface area contributed by atoms with Gasteiger partial charge in [0.05, 0.1) is 36.1 Å². The first-order chi connectivity index (χ1) is 21.2. The fourth-order valence-corrected chi connectivity index (χ4v) is 6.44. The third-order valence-electron chi connectivity index (χ3n) is 6.91. The van der Waals surface area contributed by atoms with Gasteiger partial charge in [-0.1, -0.05) is 64.9 Å². The molecule has 1 atom stereocenters. The number of hydrogen-bond acceptors (Lipinski definition) is 8. The Morgan fingerprint density at radius 2 is 1.80 bits per heavy atom. The van der Waals surface area contributed by atoms with Crippen molar-refractivity contribution in [2.75, 3.05) is 20.3 Å². The van der Waals surface area contributed by atoms with Crippen LogP contribution in [0.3, 0.4) is 0 Å². The van der Waals surface area contributed by atoms with Crippen molar-refractivity contribution in [3.63, 3.8) is 0 Å². The maximum absolute atomic E-state index is 14.0. The van der Waals surface area contributed by atoms with Gasteiger partial charge in [-0.3, -0.25) is 9.36 Å². The number of para-hydroxylation sites is 1. The van der Waals surface area contributed by atoms with Gasteiger partial charge in [0.1, 0.15) is 18.4 Å². The smallest absolute Gasteiger partial charge is 0.338 e. The first-order valence-electron chi connectivity index (χ1n) is 13.9. The van der Waals surface area contributed by atoms with Crippen molar-refractivity contribution >= 4 is 46.6 Å². The summed E-state index contributed by atoms with van der Waals surface area (Å²) < 4.78 is 24.9. The number of methoxy groups -OCH3 is 1. The van der Waals surface area contributed by atoms with Gasteiger partial charge in [-0.25, -0.2) is 9.79 Å². The Kier molecular flexibility index (Phi) is 9.78. The third kappa shape index (κ3) is 6.40. The second-order valence-corrected chi connectivity index (χ2v) is 11.6. The zero-order valence-corrected chi connectivity index (χ0v) is 26.9. The van der Waals surface area contributed by atoms with Crippen LogP contribution in [0.25, 0.3) is 6.08 Å². The van der Waals surface area contributed by atoms with E-state index in [-0.39, 0.29) is 24.3 Å². The van der Waals surface area contributed by atoms with Crippen LogP contribution in [-0.2, 0) is 16.1 Å². The van der Waals surface area contributed by atoms with E-state index in [9.17, 15) is 9.59 Å². The van der Waals surface area contributed by atoms with Gasteiger partial charge in [0.15, 0.2) is 16.3 Å². The summed E-state index contributed by atoms with van der Waals surface area (Å²) in [5, 5.41) is 1.06. The summed E-state index contributed by atoms with van der Waals surface area (Å²) in [6.07, 6.45) is 1.77. The fourth-order valence-electron chi connectivity index (χ4n) is 4.93. The van der Waals surface area contributed by atoms with Crippen LogP contribution in [0.1, 0.15) is 43.5 Å². The predicted octanol–water partition coefficient (Wildman–Crippen LogP) is 6.09. The zero-order valence-electron chi connectivity index (χ0n) is 24.6. The fraction of sp³-hybridized carbons (Fsp3) is 0.242. The lowest BCUT2D eigenvalue weighted by atomic mass is 9.95. The van der Waals surface area contributed by atoms with Crippen molar-refractivity contribution in [1.82, 2.24) is 4.57 Å². The maximum atomic E-state index is 14.0. The third-order valence-corrected chi connectivity index (χ3v) is 8.48. The molecule has 44 heavy (non-hydrogen) atoms. The first-order valence-corrected chi connectivity index (χ1v) is 15.5. The van der Waals surface area contributed by atoms with Gasteiger partial charge in [-0.2, -0.15) is 0 Å². The standard InChI is InChI=1S/C33H30Cl2N2O6S/c1-5-41-27-15-20(11-14-26(27)43-18-21-12-13-22(34)17-24(21)35)16-28-31(38)37-30(23-9-7-8-10-25(23)40-4)29(32(39)42-6-2)19(3)36-33(37)44-28/h7-17,30H,5-6,18H2,1-4H3/b28-16+/t30-/m1/s1. The molecule has 0 saturated carbocycles. The highest BCUT2D eigenvalue weighted by molar-refractivity contribution is 7.07. The van der Waals surface area contributed by atoms with Crippen LogP contribution in [0, 0.1) is 0 Å². The Labute approximate surface area is 268 Å². The number of carbonyl (C=O) groups is 1. The highest BCUT2D eigenvalue weighted by Crippen LogP contribution is 2.36. The van der Waals surface area contributed by atoms with Gasteiger partial charge in [0.25, 0.3) is 5.56 Å². The second-order valence-electron chi connectivity index (χ2n) is 9.71. The second kappa shape index (κ2) is 13.7. The first kappa shape index (κ1) is 31.4. The van der Waals surface area contributed by atoms with E-state index in [0.29, 0.717) is 54.5 Å². The van der Waals surface area contributed by atoms with E-state index in [1.807, 2.05) is 43.3 Å². The predicted molar refractivity (Wildman–Crippen MR) is 172 cm³/mol. The molecule has 11 heteroatoms. The number of thiazole rings is 1. The molecule has 228 valence electrons. The van der Waals surface area contributed by atoms with Crippen LogP contribution < -0.4 is 29.1 Å². The molecule has 0 saturated heterocycles. The number of carbonyl (C=O) groups excluding carboxylic acids is 1. The minimum absolute atomic E-state index is 0.188. The van der Waals surface area contributed by atoms with E-state index in [1.165, 1.54) is 15.9 Å². The van der Waals surface area contributed by atoms with Crippen molar-refractivity contribution in [1.29, 1.82) is 0 Å². The SMILES string of the molecule is CCOC(=O)C1=C(C)N=c2s/c(=C/c3ccc(OCc4ccc(Cl)cc4Cl)c(OCC)c3)c(=O)n2[C@@H]1c1ccccc1OC. The number of ether oxygens (including phenoxy) is 4. The van der Waals surface area contributed by atoms with E-state index in [1.54, 1.807) is 51.3 Å². The maximum Gasteiger partial charge on any atom is 0.338 e. The molecule has 2 heterocycles. The summed E-state index contributed by atoms with van der Waals surface area (Å²) >= 11 is 13.6. The van der Waals surface area contributed by atoms with Gasteiger partial charge < -0.3 is 18.9 Å². The molecule has 5 rings (SSSR count). The topological polar surface area (TPSA) is 88.4 Å². The van der Waals surface area contributed by atoms with E-state index >= 15 is 0 Å². The number of rotatable bonds is 10. The molecule has 1 aliphatic heterocycles. The van der Waals surface area contributed by atoms with Crippen LogP contribution in [0.15, 0.2) is 81.7 Å². The molecule has 0 radical (unpaired) electrons. The summed E-state index contributed by atoms with van der Waals surface area (Å²) in [4.78, 5) is 32.3. The van der Waals surface area contributed by atoms with Crippen molar-refractivity contribution in [3.05, 3.63) is 118 Å². The average molecular weight is 654 g/mol. The normalized spacial score (nSPS) is 14.6. The Balaban J connectivity index is 1.57. The van der Waals surface area contributed by atoms with Crippen LogP contribution in [0.5, 0.6) is 17.2 Å². The van der Waals surface area contributed by atoms with Crippen LogP contribution in [-0.4, -0.2) is 30.9 Å². The minimum Gasteiger partial charge on any atom is -0.496 e. The summed E-state index contributed by atoms with van der Waals surface area (Å²) in [6.45, 7) is 6.19. The van der Waals surface area contributed by atoms with Gasteiger partial charge in [0, 0.05) is 21.2 Å². The number of nitrogens with zero attached hydrogens (tertiary/aromatic N) is 2. The van der Waals surface area contributed by atoms with Crippen LogP contribution >= 0.6 is 34.5 Å². The highest BCUT2D eigenvalue weighted by Gasteiger charge is 2.35. The van der Waals surface area contributed by atoms with Gasteiger partial charge >= 0.3 is 5.97 Å². The summed E-state index contributed by atoms with van der Waals surface area (Å²) in [6, 6.07) is 17.2. The van der Waals surface area contributed by atoms with E-state index < -0.39 is 12.0 Å². The molecule has 0 amide bonds. The molecule has 3 aromatic carbocycles. The molecule has 1 aliphatic rings. The molecule has 0 N–H and O–H groups in total. The van der Waals surface area contributed by atoms with Crippen LogP contribution in [0.2, 0.25) is 10.0 Å². The number of fused-ring (bicyclic) bond motifs is 1. The van der Waals surface area contributed by atoms with E-state index in [0.717, 1.165) is 11.1 Å². The Bertz CT molecular complexity index is 1930. The largest absolute Gasteiger partial charge is 0.496 e. The Hall–Kier alpha value is -4.05. The molecule has 8 nitrogen and oxygen atoms in total. The number of hydrogen-bond donors (Lipinski definition) is 0. The Morgan fingerprint density at radius 3 is 2.52 bits per heavy atom. The molecular weight excluding hydrogens is 623 g/mol. The van der Waals surface area contributed by atoms with Crippen molar-refractivity contribution in [3.8, 4) is 17.2 Å². The minimum atomic E-state index is -0.780.